The van der Waals surface area contributed by atoms with E-state index >= 15 is 0 Å². The number of halogens is 2. The van der Waals surface area contributed by atoms with Gasteiger partial charge in [-0.05, 0) is 36.8 Å². The molecule has 15 heavy (non-hydrogen) atoms. The minimum atomic E-state index is -0.220. The van der Waals surface area contributed by atoms with Gasteiger partial charge in [-0.25, -0.2) is 4.39 Å². The lowest BCUT2D eigenvalue weighted by atomic mass is 10.2. The van der Waals surface area contributed by atoms with Gasteiger partial charge in [0.25, 0.3) is 0 Å². The zero-order valence-corrected chi connectivity index (χ0v) is 9.62. The van der Waals surface area contributed by atoms with Gasteiger partial charge in [0, 0.05) is 11.1 Å². The van der Waals surface area contributed by atoms with Gasteiger partial charge in [0.1, 0.15) is 5.82 Å². The highest BCUT2D eigenvalue weighted by molar-refractivity contribution is 7.14. The monoisotopic (exact) mass is 241 g/mol. The maximum atomic E-state index is 12.8. The largest absolute Gasteiger partial charge is 0.347 e. The Hall–Kier alpha value is -1.06. The van der Waals surface area contributed by atoms with Crippen molar-refractivity contribution in [1.29, 1.82) is 0 Å². The molecule has 2 aromatic rings. The van der Waals surface area contributed by atoms with E-state index in [0.29, 0.717) is 5.02 Å². The van der Waals surface area contributed by atoms with Gasteiger partial charge < -0.3 is 5.32 Å². The average Bonchev–Trinajstić information content (AvgIpc) is 2.56. The topological polar surface area (TPSA) is 12.0 Å². The maximum absolute atomic E-state index is 12.8. The number of hydrogen-bond donors (Lipinski definition) is 1. The van der Waals surface area contributed by atoms with Gasteiger partial charge in [-0.1, -0.05) is 11.6 Å². The fourth-order valence-electron chi connectivity index (χ4n) is 1.28. The van der Waals surface area contributed by atoms with E-state index in [9.17, 15) is 4.39 Å². The first-order valence-corrected chi connectivity index (χ1v) is 5.68. The van der Waals surface area contributed by atoms with E-state index in [2.05, 4.69) is 5.32 Å². The molecule has 0 aliphatic rings. The van der Waals surface area contributed by atoms with Gasteiger partial charge >= 0.3 is 0 Å². The summed E-state index contributed by atoms with van der Waals surface area (Å²) in [5.74, 6) is -0.220. The lowest BCUT2D eigenvalue weighted by Gasteiger charge is -2.06. The summed E-state index contributed by atoms with van der Waals surface area (Å²) in [4.78, 5) is 0. The molecule has 0 unspecified atom stereocenters. The summed E-state index contributed by atoms with van der Waals surface area (Å²) in [7, 11) is 0. The van der Waals surface area contributed by atoms with Crippen LogP contribution in [-0.4, -0.2) is 0 Å². The molecule has 1 N–H and O–H groups in total. The molecule has 0 saturated heterocycles. The normalized spacial score (nSPS) is 10.3. The SMILES string of the molecule is Cc1cc(F)ccc1Nc1cc(Cl)cs1. The molecule has 1 aromatic carbocycles. The number of rotatable bonds is 2. The van der Waals surface area contributed by atoms with Crippen molar-refractivity contribution in [2.75, 3.05) is 5.32 Å². The molecule has 0 atom stereocenters. The molecule has 0 aliphatic heterocycles. The van der Waals surface area contributed by atoms with Crippen LogP contribution in [0.4, 0.5) is 15.1 Å². The minimum absolute atomic E-state index is 0.220. The molecular formula is C11H9ClFNS. The van der Waals surface area contributed by atoms with Crippen molar-refractivity contribution in [2.45, 2.75) is 6.92 Å². The molecule has 1 nitrogen and oxygen atoms in total. The second-order valence-corrected chi connectivity index (χ2v) is 4.56. The molecule has 0 saturated carbocycles. The van der Waals surface area contributed by atoms with Crippen LogP contribution in [0.15, 0.2) is 29.6 Å². The Labute approximate surface area is 96.5 Å². The van der Waals surface area contributed by atoms with Crippen LogP contribution < -0.4 is 5.32 Å². The number of hydrogen-bond acceptors (Lipinski definition) is 2. The standard InChI is InChI=1S/C11H9ClFNS/c1-7-4-9(13)2-3-10(7)14-11-5-8(12)6-15-11/h2-6,14H,1H3. The lowest BCUT2D eigenvalue weighted by Crippen LogP contribution is -1.91. The second kappa shape index (κ2) is 4.21. The van der Waals surface area contributed by atoms with Crippen LogP contribution in [0.1, 0.15) is 5.56 Å². The fourth-order valence-corrected chi connectivity index (χ4v) is 2.26. The summed E-state index contributed by atoms with van der Waals surface area (Å²) in [6.45, 7) is 1.86. The quantitative estimate of drug-likeness (QED) is 0.811. The van der Waals surface area contributed by atoms with Crippen LogP contribution in [0.25, 0.3) is 0 Å². The smallest absolute Gasteiger partial charge is 0.123 e. The summed E-state index contributed by atoms with van der Waals surface area (Å²) in [6.07, 6.45) is 0. The number of aryl methyl sites for hydroxylation is 1. The first kappa shape index (κ1) is 10.5. The molecule has 0 fully saturated rings. The van der Waals surface area contributed by atoms with Gasteiger partial charge in [-0.15, -0.1) is 11.3 Å². The zero-order chi connectivity index (χ0) is 10.8. The van der Waals surface area contributed by atoms with Crippen molar-refractivity contribution in [3.8, 4) is 0 Å². The van der Waals surface area contributed by atoms with E-state index in [0.717, 1.165) is 16.3 Å². The molecule has 1 heterocycles. The minimum Gasteiger partial charge on any atom is -0.347 e. The highest BCUT2D eigenvalue weighted by Crippen LogP contribution is 2.28. The molecule has 0 aliphatic carbocycles. The molecule has 0 amide bonds. The molecule has 0 radical (unpaired) electrons. The van der Waals surface area contributed by atoms with Crippen LogP contribution in [0.2, 0.25) is 5.02 Å². The van der Waals surface area contributed by atoms with Crippen molar-refractivity contribution in [1.82, 2.24) is 0 Å². The summed E-state index contributed by atoms with van der Waals surface area (Å²) >= 11 is 7.32. The van der Waals surface area contributed by atoms with Crippen LogP contribution >= 0.6 is 22.9 Å². The van der Waals surface area contributed by atoms with Crippen molar-refractivity contribution in [2.24, 2.45) is 0 Å². The fraction of sp³-hybridized carbons (Fsp3) is 0.0909. The van der Waals surface area contributed by atoms with Crippen molar-refractivity contribution in [3.63, 3.8) is 0 Å². The maximum Gasteiger partial charge on any atom is 0.123 e. The van der Waals surface area contributed by atoms with Gasteiger partial charge in [0.15, 0.2) is 0 Å². The third-order valence-electron chi connectivity index (χ3n) is 2.01. The number of thiophene rings is 1. The van der Waals surface area contributed by atoms with Crippen molar-refractivity contribution < 1.29 is 4.39 Å². The second-order valence-electron chi connectivity index (χ2n) is 3.21. The van der Waals surface area contributed by atoms with E-state index in [1.54, 1.807) is 6.07 Å². The molecular weight excluding hydrogens is 233 g/mol. The third-order valence-corrected chi connectivity index (χ3v) is 3.21. The van der Waals surface area contributed by atoms with Crippen LogP contribution in [0.5, 0.6) is 0 Å². The number of anilines is 2. The van der Waals surface area contributed by atoms with Crippen LogP contribution in [-0.2, 0) is 0 Å². The average molecular weight is 242 g/mol. The van der Waals surface area contributed by atoms with E-state index < -0.39 is 0 Å². The Kier molecular flexibility index (Phi) is 2.93. The van der Waals surface area contributed by atoms with Gasteiger partial charge in [-0.2, -0.15) is 0 Å². The van der Waals surface area contributed by atoms with Gasteiger partial charge in [-0.3, -0.25) is 0 Å². The van der Waals surface area contributed by atoms with E-state index in [1.807, 2.05) is 18.4 Å². The lowest BCUT2D eigenvalue weighted by molar-refractivity contribution is 0.627. The molecule has 78 valence electrons. The number of nitrogens with one attached hydrogen (secondary N) is 1. The van der Waals surface area contributed by atoms with E-state index in [-0.39, 0.29) is 5.82 Å². The summed E-state index contributed by atoms with van der Waals surface area (Å²) in [5.41, 5.74) is 1.77. The molecule has 0 spiro atoms. The molecule has 0 bridgehead atoms. The Morgan fingerprint density at radius 2 is 2.13 bits per heavy atom. The predicted octanol–water partition coefficient (Wildman–Crippen LogP) is 4.59. The highest BCUT2D eigenvalue weighted by Gasteiger charge is 2.02. The van der Waals surface area contributed by atoms with E-state index in [4.69, 9.17) is 11.6 Å². The van der Waals surface area contributed by atoms with Crippen LogP contribution in [0, 0.1) is 12.7 Å². The molecule has 4 heteroatoms. The van der Waals surface area contributed by atoms with E-state index in [1.165, 1.54) is 23.5 Å². The Morgan fingerprint density at radius 3 is 2.73 bits per heavy atom. The summed E-state index contributed by atoms with van der Waals surface area (Å²) < 4.78 is 12.8. The zero-order valence-electron chi connectivity index (χ0n) is 8.05. The first-order valence-electron chi connectivity index (χ1n) is 4.42. The summed E-state index contributed by atoms with van der Waals surface area (Å²) in [5, 5.41) is 6.70. The number of benzene rings is 1. The molecule has 1 aromatic heterocycles. The van der Waals surface area contributed by atoms with Crippen LogP contribution in [0.3, 0.4) is 0 Å². The van der Waals surface area contributed by atoms with Gasteiger partial charge in [0.2, 0.25) is 0 Å². The van der Waals surface area contributed by atoms with Gasteiger partial charge in [0.05, 0.1) is 10.0 Å². The molecule has 2 rings (SSSR count). The Balaban J connectivity index is 2.24. The predicted molar refractivity (Wildman–Crippen MR) is 63.7 cm³/mol. The summed E-state index contributed by atoms with van der Waals surface area (Å²) in [6, 6.07) is 6.50. The Bertz CT molecular complexity index is 481. The van der Waals surface area contributed by atoms with Crippen molar-refractivity contribution >= 4 is 33.6 Å². The Morgan fingerprint density at radius 1 is 1.33 bits per heavy atom. The highest BCUT2D eigenvalue weighted by atomic mass is 35.5. The van der Waals surface area contributed by atoms with Crippen molar-refractivity contribution in [3.05, 3.63) is 46.0 Å². The first-order chi connectivity index (χ1) is 7.15. The third kappa shape index (κ3) is 2.49.